The van der Waals surface area contributed by atoms with Crippen molar-refractivity contribution in [3.8, 4) is 0 Å². The van der Waals surface area contributed by atoms with Gasteiger partial charge in [-0.3, -0.25) is 4.79 Å². The van der Waals surface area contributed by atoms with Crippen molar-refractivity contribution in [2.75, 3.05) is 13.2 Å². The van der Waals surface area contributed by atoms with Gasteiger partial charge in [0.1, 0.15) is 5.78 Å². The van der Waals surface area contributed by atoms with Gasteiger partial charge in [-0.25, -0.2) is 0 Å². The topological polar surface area (TPSA) is 35.5 Å². The van der Waals surface area contributed by atoms with Crippen LogP contribution in [0, 0.1) is 39.9 Å². The Morgan fingerprint density at radius 2 is 1.64 bits per heavy atom. The predicted molar refractivity (Wildman–Crippen MR) is 110 cm³/mol. The summed E-state index contributed by atoms with van der Waals surface area (Å²) in [5.41, 5.74) is 1.73. The molecule has 1 heterocycles. The van der Waals surface area contributed by atoms with E-state index in [1.165, 1.54) is 31.3 Å². The number of carbonyl (C=O) groups excluding carboxylic acids is 1. The quantitative estimate of drug-likeness (QED) is 0.556. The molecule has 4 aliphatic carbocycles. The van der Waals surface area contributed by atoms with E-state index in [0.29, 0.717) is 17.1 Å². The zero-order chi connectivity index (χ0) is 19.9. The first-order chi connectivity index (χ1) is 13.1. The Morgan fingerprint density at radius 1 is 0.929 bits per heavy atom. The molecule has 0 bridgehead atoms. The minimum Gasteiger partial charge on any atom is -0.348 e. The highest BCUT2D eigenvalue weighted by molar-refractivity contribution is 5.89. The average Bonchev–Trinajstić information content (AvgIpc) is 3.22. The molecule has 0 N–H and O–H groups in total. The zero-order valence-corrected chi connectivity index (χ0v) is 18.5. The standard InChI is InChI=1S/C25H38O3/c1-22(2)19-8-6-16-17-7-9-20(25(5)27-14-15-28-25)24(17,4)12-10-18(16)23(19,3)13-11-21(22)26/h8,16-18,20H,6-7,9-15H2,1-5H3/t16-,17-,18-,20-,23-,24-/m0/s1. The number of ether oxygens (including phenoxy) is 2. The first-order valence-corrected chi connectivity index (χ1v) is 11.7. The van der Waals surface area contributed by atoms with E-state index in [2.05, 4.69) is 40.7 Å². The summed E-state index contributed by atoms with van der Waals surface area (Å²) in [5, 5.41) is 0. The lowest BCUT2D eigenvalue weighted by Gasteiger charge is -2.60. The normalized spacial score (nSPS) is 49.2. The fraction of sp³-hybridized carbons (Fsp3) is 0.880. The third-order valence-electron chi connectivity index (χ3n) is 10.2. The molecule has 1 saturated heterocycles. The summed E-state index contributed by atoms with van der Waals surface area (Å²) in [5.74, 6) is 2.82. The van der Waals surface area contributed by atoms with Crippen molar-refractivity contribution in [1.29, 1.82) is 0 Å². The van der Waals surface area contributed by atoms with Gasteiger partial charge in [-0.2, -0.15) is 0 Å². The van der Waals surface area contributed by atoms with Crippen molar-refractivity contribution in [3.63, 3.8) is 0 Å². The van der Waals surface area contributed by atoms with Crippen LogP contribution >= 0.6 is 0 Å². The van der Waals surface area contributed by atoms with Gasteiger partial charge in [0.15, 0.2) is 5.79 Å². The Bertz CT molecular complexity index is 715. The van der Waals surface area contributed by atoms with Crippen LogP contribution in [0.1, 0.15) is 79.6 Å². The van der Waals surface area contributed by atoms with Crippen molar-refractivity contribution in [2.45, 2.75) is 85.4 Å². The van der Waals surface area contributed by atoms with E-state index in [9.17, 15) is 4.79 Å². The molecule has 0 aromatic carbocycles. The summed E-state index contributed by atoms with van der Waals surface area (Å²) in [6, 6.07) is 0. The van der Waals surface area contributed by atoms with E-state index in [1.54, 1.807) is 0 Å². The number of hydrogen-bond acceptors (Lipinski definition) is 3. The molecule has 0 amide bonds. The van der Waals surface area contributed by atoms with Gasteiger partial charge in [0.05, 0.1) is 13.2 Å². The van der Waals surface area contributed by atoms with Gasteiger partial charge >= 0.3 is 0 Å². The maximum atomic E-state index is 12.7. The van der Waals surface area contributed by atoms with Crippen LogP contribution in [0.25, 0.3) is 0 Å². The van der Waals surface area contributed by atoms with Gasteiger partial charge in [0.2, 0.25) is 0 Å². The molecule has 3 saturated carbocycles. The van der Waals surface area contributed by atoms with Crippen molar-refractivity contribution >= 4 is 5.78 Å². The number of ketones is 1. The SMILES string of the molecule is CC1(C)C(=O)CC[C@]2(C)C1=CC[C@H]1[C@@H]3CC[C@H](C4(C)OCCO4)[C@@]3(C)CC[C@@H]12. The lowest BCUT2D eigenvalue weighted by Crippen LogP contribution is -2.55. The van der Waals surface area contributed by atoms with Crippen LogP contribution < -0.4 is 0 Å². The van der Waals surface area contributed by atoms with Gasteiger partial charge in [-0.1, -0.05) is 25.5 Å². The maximum Gasteiger partial charge on any atom is 0.169 e. The summed E-state index contributed by atoms with van der Waals surface area (Å²) >= 11 is 0. The third kappa shape index (κ3) is 2.32. The number of allylic oxidation sites excluding steroid dienone is 2. The van der Waals surface area contributed by atoms with Gasteiger partial charge in [0, 0.05) is 17.8 Å². The molecule has 0 aromatic rings. The Balaban J connectivity index is 1.49. The van der Waals surface area contributed by atoms with Crippen molar-refractivity contribution in [2.24, 2.45) is 39.9 Å². The largest absolute Gasteiger partial charge is 0.348 e. The van der Waals surface area contributed by atoms with Crippen molar-refractivity contribution in [1.82, 2.24) is 0 Å². The highest BCUT2D eigenvalue weighted by Gasteiger charge is 2.64. The van der Waals surface area contributed by atoms with Crippen LogP contribution in [-0.2, 0) is 14.3 Å². The first kappa shape index (κ1) is 19.3. The highest BCUT2D eigenvalue weighted by atomic mass is 16.7. The number of hydrogen-bond donors (Lipinski definition) is 0. The van der Waals surface area contributed by atoms with Crippen LogP contribution in [-0.4, -0.2) is 24.8 Å². The highest BCUT2D eigenvalue weighted by Crippen LogP contribution is 2.69. The molecule has 156 valence electrons. The second kappa shape index (κ2) is 5.94. The summed E-state index contributed by atoms with van der Waals surface area (Å²) < 4.78 is 12.3. The Morgan fingerprint density at radius 3 is 2.36 bits per heavy atom. The van der Waals surface area contributed by atoms with E-state index < -0.39 is 0 Å². The van der Waals surface area contributed by atoms with Crippen LogP contribution in [0.5, 0.6) is 0 Å². The molecule has 3 heteroatoms. The number of fused-ring (bicyclic) bond motifs is 5. The second-order valence-corrected chi connectivity index (χ2v) is 11.6. The Kier molecular flexibility index (Phi) is 4.09. The summed E-state index contributed by atoms with van der Waals surface area (Å²) in [6.07, 6.45) is 10.6. The minimum atomic E-state index is -0.380. The summed E-state index contributed by atoms with van der Waals surface area (Å²) in [6.45, 7) is 13.1. The monoisotopic (exact) mass is 386 g/mol. The predicted octanol–water partition coefficient (Wildman–Crippen LogP) is 5.53. The van der Waals surface area contributed by atoms with E-state index in [-0.39, 0.29) is 16.6 Å². The van der Waals surface area contributed by atoms with Crippen molar-refractivity contribution in [3.05, 3.63) is 11.6 Å². The molecule has 28 heavy (non-hydrogen) atoms. The lowest BCUT2D eigenvalue weighted by atomic mass is 9.44. The van der Waals surface area contributed by atoms with Gasteiger partial charge in [-0.05, 0) is 87.9 Å². The van der Waals surface area contributed by atoms with Gasteiger partial charge in [0.25, 0.3) is 0 Å². The average molecular weight is 387 g/mol. The van der Waals surface area contributed by atoms with E-state index in [0.717, 1.165) is 50.2 Å². The molecule has 0 unspecified atom stereocenters. The first-order valence-electron chi connectivity index (χ1n) is 11.7. The third-order valence-corrected chi connectivity index (χ3v) is 10.2. The van der Waals surface area contributed by atoms with E-state index in [4.69, 9.17) is 9.47 Å². The molecular formula is C25H38O3. The minimum absolute atomic E-state index is 0.212. The molecule has 1 aliphatic heterocycles. The van der Waals surface area contributed by atoms with Crippen LogP contribution in [0.15, 0.2) is 11.6 Å². The number of rotatable bonds is 1. The summed E-state index contributed by atoms with van der Waals surface area (Å²) in [7, 11) is 0. The van der Waals surface area contributed by atoms with Crippen LogP contribution in [0.2, 0.25) is 0 Å². The smallest absolute Gasteiger partial charge is 0.169 e. The van der Waals surface area contributed by atoms with Crippen LogP contribution in [0.4, 0.5) is 0 Å². The van der Waals surface area contributed by atoms with Gasteiger partial charge in [-0.15, -0.1) is 0 Å². The molecule has 4 fully saturated rings. The fourth-order valence-corrected chi connectivity index (χ4v) is 8.81. The molecule has 0 spiro atoms. The molecule has 5 aliphatic rings. The Labute approximate surface area is 170 Å². The van der Waals surface area contributed by atoms with Crippen molar-refractivity contribution < 1.29 is 14.3 Å². The molecule has 0 aromatic heterocycles. The number of carbonyl (C=O) groups is 1. The molecule has 6 atom stereocenters. The van der Waals surface area contributed by atoms with Crippen LogP contribution in [0.3, 0.4) is 0 Å². The molecular weight excluding hydrogens is 348 g/mol. The van der Waals surface area contributed by atoms with Gasteiger partial charge < -0.3 is 9.47 Å². The molecule has 3 nitrogen and oxygen atoms in total. The second-order valence-electron chi connectivity index (χ2n) is 11.6. The number of Topliss-reactive ketones (excluding diaryl/α,β-unsaturated/α-hetero) is 1. The molecule has 5 rings (SSSR count). The fourth-order valence-electron chi connectivity index (χ4n) is 8.81. The lowest BCUT2D eigenvalue weighted by molar-refractivity contribution is -0.214. The maximum absolute atomic E-state index is 12.7. The zero-order valence-electron chi connectivity index (χ0n) is 18.5. The van der Waals surface area contributed by atoms with E-state index >= 15 is 0 Å². The summed E-state index contributed by atoms with van der Waals surface area (Å²) in [4.78, 5) is 12.7. The molecule has 0 radical (unpaired) electrons. The Hall–Kier alpha value is -0.670. The van der Waals surface area contributed by atoms with E-state index in [1.807, 2.05) is 0 Å².